The van der Waals surface area contributed by atoms with Gasteiger partial charge in [-0.3, -0.25) is 0 Å². The molecule has 0 saturated heterocycles. The van der Waals surface area contributed by atoms with Crippen molar-refractivity contribution in [1.29, 1.82) is 0 Å². The third-order valence-electron chi connectivity index (χ3n) is 1.37. The Balaban J connectivity index is 3.40. The number of halogens is 4. The van der Waals surface area contributed by atoms with Crippen molar-refractivity contribution in [3.05, 3.63) is 33.6 Å². The largest absolute Gasteiger partial charge is 0.391 e. The smallest absolute Gasteiger partial charge is 0.148 e. The van der Waals surface area contributed by atoms with Crippen molar-refractivity contribution in [1.82, 2.24) is 0 Å². The van der Waals surface area contributed by atoms with E-state index in [9.17, 15) is 13.2 Å². The molecule has 0 saturated carbocycles. The van der Waals surface area contributed by atoms with Crippen molar-refractivity contribution in [2.45, 2.75) is 6.61 Å². The number of benzene rings is 1. The minimum atomic E-state index is -1.10. The summed E-state index contributed by atoms with van der Waals surface area (Å²) in [5.41, 5.74) is -0.539. The first-order valence-corrected chi connectivity index (χ1v) is 3.80. The van der Waals surface area contributed by atoms with Crippen LogP contribution in [0.4, 0.5) is 13.2 Å². The minimum absolute atomic E-state index is 0.465. The molecule has 0 aliphatic carbocycles. The quantitative estimate of drug-likeness (QED) is 0.591. The van der Waals surface area contributed by atoms with E-state index in [-0.39, 0.29) is 0 Å². The molecule has 66 valence electrons. The molecule has 0 radical (unpaired) electrons. The van der Waals surface area contributed by atoms with Gasteiger partial charge in [-0.25, -0.2) is 13.2 Å². The third-order valence-corrected chi connectivity index (χ3v) is 2.09. The fourth-order valence-electron chi connectivity index (χ4n) is 0.749. The predicted octanol–water partition coefficient (Wildman–Crippen LogP) is 2.36. The predicted molar refractivity (Wildman–Crippen MR) is 39.9 cm³/mol. The summed E-state index contributed by atoms with van der Waals surface area (Å²) >= 11 is 2.58. The van der Waals surface area contributed by atoms with Crippen LogP contribution in [0, 0.1) is 17.5 Å². The maximum absolute atomic E-state index is 12.8. The lowest BCUT2D eigenvalue weighted by atomic mass is 10.2. The van der Waals surface area contributed by atoms with E-state index in [1.807, 2.05) is 0 Å². The van der Waals surface area contributed by atoms with Gasteiger partial charge in [0.05, 0.1) is 16.6 Å². The average molecular weight is 241 g/mol. The Morgan fingerprint density at radius 1 is 1.25 bits per heavy atom. The first-order chi connectivity index (χ1) is 5.57. The van der Waals surface area contributed by atoms with Gasteiger partial charge in [0.25, 0.3) is 0 Å². The molecule has 0 amide bonds. The first kappa shape index (κ1) is 9.54. The molecule has 12 heavy (non-hydrogen) atoms. The zero-order valence-corrected chi connectivity index (χ0v) is 7.33. The summed E-state index contributed by atoms with van der Waals surface area (Å²) < 4.78 is 37.6. The number of aliphatic hydroxyl groups is 1. The second kappa shape index (κ2) is 3.45. The highest BCUT2D eigenvalue weighted by Crippen LogP contribution is 2.24. The molecule has 5 heteroatoms. The lowest BCUT2D eigenvalue weighted by Gasteiger charge is -2.03. The standard InChI is InChI=1S/C7H4BrF3O/c8-6-5(10)1-4(9)3(2-12)7(6)11/h1,12H,2H2. The Labute approximate surface area is 75.0 Å². The van der Waals surface area contributed by atoms with Crippen LogP contribution >= 0.6 is 15.9 Å². The van der Waals surface area contributed by atoms with E-state index in [1.165, 1.54) is 0 Å². The van der Waals surface area contributed by atoms with Gasteiger partial charge < -0.3 is 5.11 Å². The molecule has 0 aliphatic rings. The van der Waals surface area contributed by atoms with Crippen molar-refractivity contribution in [3.8, 4) is 0 Å². The van der Waals surface area contributed by atoms with E-state index < -0.39 is 34.1 Å². The number of aliphatic hydroxyl groups excluding tert-OH is 1. The zero-order valence-electron chi connectivity index (χ0n) is 5.74. The fraction of sp³-hybridized carbons (Fsp3) is 0.143. The van der Waals surface area contributed by atoms with Gasteiger partial charge in [-0.2, -0.15) is 0 Å². The maximum Gasteiger partial charge on any atom is 0.148 e. The highest BCUT2D eigenvalue weighted by molar-refractivity contribution is 9.10. The molecule has 0 atom stereocenters. The Hall–Kier alpha value is -0.550. The summed E-state index contributed by atoms with van der Waals surface area (Å²) in [6.45, 7) is -0.795. The topological polar surface area (TPSA) is 20.2 Å². The van der Waals surface area contributed by atoms with Crippen LogP contribution < -0.4 is 0 Å². The molecular weight excluding hydrogens is 237 g/mol. The molecule has 0 unspecified atom stereocenters. The van der Waals surface area contributed by atoms with E-state index >= 15 is 0 Å². The molecule has 0 fully saturated rings. The first-order valence-electron chi connectivity index (χ1n) is 3.00. The molecule has 0 aromatic heterocycles. The summed E-state index contributed by atoms with van der Waals surface area (Å²) in [6, 6.07) is 0.513. The van der Waals surface area contributed by atoms with Crippen LogP contribution in [0.2, 0.25) is 0 Å². The van der Waals surface area contributed by atoms with E-state index in [0.717, 1.165) is 0 Å². The van der Waals surface area contributed by atoms with Gasteiger partial charge in [-0.05, 0) is 15.9 Å². The lowest BCUT2D eigenvalue weighted by Crippen LogP contribution is -1.98. The average Bonchev–Trinajstić information content (AvgIpc) is 2.01. The fourth-order valence-corrected chi connectivity index (χ4v) is 1.10. The van der Waals surface area contributed by atoms with Crippen molar-refractivity contribution < 1.29 is 18.3 Å². The molecule has 1 aromatic carbocycles. The molecule has 0 aliphatic heterocycles. The maximum atomic E-state index is 12.8. The SMILES string of the molecule is OCc1c(F)cc(F)c(Br)c1F. The Morgan fingerprint density at radius 2 is 1.83 bits per heavy atom. The van der Waals surface area contributed by atoms with Crippen LogP contribution in [-0.4, -0.2) is 5.11 Å². The highest BCUT2D eigenvalue weighted by Gasteiger charge is 2.15. The van der Waals surface area contributed by atoms with E-state index in [1.54, 1.807) is 0 Å². The second-order valence-corrected chi connectivity index (χ2v) is 2.90. The van der Waals surface area contributed by atoms with Crippen molar-refractivity contribution >= 4 is 15.9 Å². The van der Waals surface area contributed by atoms with Crippen LogP contribution in [0.25, 0.3) is 0 Å². The summed E-state index contributed by atoms with van der Waals surface area (Å²) in [6.07, 6.45) is 0. The summed E-state index contributed by atoms with van der Waals surface area (Å²) in [7, 11) is 0. The van der Waals surface area contributed by atoms with Crippen LogP contribution in [0.1, 0.15) is 5.56 Å². The highest BCUT2D eigenvalue weighted by atomic mass is 79.9. The molecule has 1 nitrogen and oxygen atoms in total. The molecule has 0 bridgehead atoms. The molecule has 1 rings (SSSR count). The van der Waals surface area contributed by atoms with E-state index in [0.29, 0.717) is 6.07 Å². The van der Waals surface area contributed by atoms with Crippen molar-refractivity contribution in [2.75, 3.05) is 0 Å². The van der Waals surface area contributed by atoms with Crippen LogP contribution in [0.15, 0.2) is 10.5 Å². The van der Waals surface area contributed by atoms with Gasteiger partial charge in [0.1, 0.15) is 17.5 Å². The summed E-state index contributed by atoms with van der Waals surface area (Å²) in [5.74, 6) is -3.21. The van der Waals surface area contributed by atoms with Crippen LogP contribution in [-0.2, 0) is 6.61 Å². The number of hydrogen-bond donors (Lipinski definition) is 1. The monoisotopic (exact) mass is 240 g/mol. The Kier molecular flexibility index (Phi) is 2.74. The molecule has 0 spiro atoms. The normalized spacial score (nSPS) is 10.4. The number of rotatable bonds is 1. The van der Waals surface area contributed by atoms with Gasteiger partial charge in [0.2, 0.25) is 0 Å². The number of hydrogen-bond acceptors (Lipinski definition) is 1. The minimum Gasteiger partial charge on any atom is -0.391 e. The second-order valence-electron chi connectivity index (χ2n) is 2.10. The lowest BCUT2D eigenvalue weighted by molar-refractivity contribution is 0.268. The summed E-state index contributed by atoms with van der Waals surface area (Å²) in [4.78, 5) is 0. The van der Waals surface area contributed by atoms with Gasteiger partial charge in [-0.15, -0.1) is 0 Å². The summed E-state index contributed by atoms with van der Waals surface area (Å²) in [5, 5.41) is 8.49. The zero-order chi connectivity index (χ0) is 9.30. The third kappa shape index (κ3) is 1.47. The molecule has 1 aromatic rings. The molecule has 1 N–H and O–H groups in total. The van der Waals surface area contributed by atoms with Crippen molar-refractivity contribution in [3.63, 3.8) is 0 Å². The Bertz CT molecular complexity index is 314. The molecule has 0 heterocycles. The van der Waals surface area contributed by atoms with Crippen LogP contribution in [0.5, 0.6) is 0 Å². The van der Waals surface area contributed by atoms with Gasteiger partial charge in [-0.1, -0.05) is 0 Å². The van der Waals surface area contributed by atoms with E-state index in [2.05, 4.69) is 15.9 Å². The van der Waals surface area contributed by atoms with E-state index in [4.69, 9.17) is 5.11 Å². The van der Waals surface area contributed by atoms with Gasteiger partial charge >= 0.3 is 0 Å². The van der Waals surface area contributed by atoms with Crippen LogP contribution in [0.3, 0.4) is 0 Å². The van der Waals surface area contributed by atoms with Gasteiger partial charge in [0.15, 0.2) is 0 Å². The van der Waals surface area contributed by atoms with Gasteiger partial charge in [0, 0.05) is 6.07 Å². The van der Waals surface area contributed by atoms with Crippen molar-refractivity contribution in [2.24, 2.45) is 0 Å². The molecular formula is C7H4BrF3O. The Morgan fingerprint density at radius 3 is 2.33 bits per heavy atom.